The van der Waals surface area contributed by atoms with E-state index in [9.17, 15) is 9.59 Å². The standard InChI is InChI=1S/C19H22N4O4/c1-5-12-9-17(24)27-15-10-13(7-8-14(12)15)26-11(3)18(25)21-19-20-16(6-2)23(4)22-19/h7-11H,5-6H2,1-4H3,(H,21,22,25). The first-order valence-corrected chi connectivity index (χ1v) is 8.85. The third kappa shape index (κ3) is 3.99. The SMILES string of the molecule is CCc1cc(=O)oc2cc(OC(C)C(=O)Nc3nc(CC)n(C)n3)ccc12. The molecule has 1 atom stereocenters. The van der Waals surface area contributed by atoms with E-state index in [1.165, 1.54) is 6.07 Å². The maximum Gasteiger partial charge on any atom is 0.336 e. The Morgan fingerprint density at radius 2 is 2.07 bits per heavy atom. The third-order valence-electron chi connectivity index (χ3n) is 4.27. The molecule has 3 rings (SSSR count). The van der Waals surface area contributed by atoms with Gasteiger partial charge in [-0.1, -0.05) is 13.8 Å². The van der Waals surface area contributed by atoms with Crippen molar-refractivity contribution in [2.24, 2.45) is 7.05 Å². The molecule has 27 heavy (non-hydrogen) atoms. The van der Waals surface area contributed by atoms with E-state index in [2.05, 4.69) is 15.4 Å². The Labute approximate surface area is 156 Å². The van der Waals surface area contributed by atoms with Crippen molar-refractivity contribution in [3.8, 4) is 5.75 Å². The van der Waals surface area contributed by atoms with Crippen LogP contribution in [-0.2, 0) is 24.7 Å². The zero-order chi connectivity index (χ0) is 19.6. The molecule has 1 amide bonds. The number of hydrogen-bond donors (Lipinski definition) is 1. The highest BCUT2D eigenvalue weighted by atomic mass is 16.5. The highest BCUT2D eigenvalue weighted by molar-refractivity contribution is 5.92. The van der Waals surface area contributed by atoms with E-state index in [0.717, 1.165) is 23.2 Å². The number of amides is 1. The molecule has 0 radical (unpaired) electrons. The van der Waals surface area contributed by atoms with Gasteiger partial charge in [-0.05, 0) is 31.0 Å². The number of ether oxygens (including phenoxy) is 1. The lowest BCUT2D eigenvalue weighted by atomic mass is 10.1. The van der Waals surface area contributed by atoms with Gasteiger partial charge >= 0.3 is 5.63 Å². The van der Waals surface area contributed by atoms with Crippen molar-refractivity contribution < 1.29 is 13.9 Å². The summed E-state index contributed by atoms with van der Waals surface area (Å²) < 4.78 is 12.6. The number of benzene rings is 1. The van der Waals surface area contributed by atoms with Gasteiger partial charge in [0.15, 0.2) is 6.10 Å². The third-order valence-corrected chi connectivity index (χ3v) is 4.27. The molecular weight excluding hydrogens is 348 g/mol. The van der Waals surface area contributed by atoms with Crippen LogP contribution in [-0.4, -0.2) is 26.8 Å². The second-order valence-corrected chi connectivity index (χ2v) is 6.18. The summed E-state index contributed by atoms with van der Waals surface area (Å²) in [6, 6.07) is 6.68. The van der Waals surface area contributed by atoms with Gasteiger partial charge in [-0.15, -0.1) is 5.10 Å². The zero-order valence-corrected chi connectivity index (χ0v) is 15.8. The summed E-state index contributed by atoms with van der Waals surface area (Å²) >= 11 is 0. The molecule has 0 aliphatic carbocycles. The average Bonchev–Trinajstić information content (AvgIpc) is 2.99. The topological polar surface area (TPSA) is 99.2 Å². The molecule has 0 saturated heterocycles. The molecule has 0 aliphatic rings. The number of hydrogen-bond acceptors (Lipinski definition) is 6. The van der Waals surface area contributed by atoms with Gasteiger partial charge in [-0.2, -0.15) is 4.98 Å². The van der Waals surface area contributed by atoms with Crippen LogP contribution >= 0.6 is 0 Å². The van der Waals surface area contributed by atoms with Gasteiger partial charge in [0.2, 0.25) is 5.95 Å². The highest BCUT2D eigenvalue weighted by Crippen LogP contribution is 2.23. The lowest BCUT2D eigenvalue weighted by molar-refractivity contribution is -0.122. The quantitative estimate of drug-likeness (QED) is 0.669. The van der Waals surface area contributed by atoms with Crippen LogP contribution in [0.3, 0.4) is 0 Å². The Kier molecular flexibility index (Phi) is 5.25. The molecule has 142 valence electrons. The summed E-state index contributed by atoms with van der Waals surface area (Å²) in [5.74, 6) is 1.08. The Bertz CT molecular complexity index is 1040. The lowest BCUT2D eigenvalue weighted by Gasteiger charge is -2.14. The molecule has 0 saturated carbocycles. The predicted molar refractivity (Wildman–Crippen MR) is 101 cm³/mol. The molecule has 1 aromatic carbocycles. The van der Waals surface area contributed by atoms with Gasteiger partial charge in [0.05, 0.1) is 0 Å². The second-order valence-electron chi connectivity index (χ2n) is 6.18. The Morgan fingerprint density at radius 3 is 2.74 bits per heavy atom. The number of nitrogens with one attached hydrogen (secondary N) is 1. The van der Waals surface area contributed by atoms with Crippen molar-refractivity contribution >= 4 is 22.8 Å². The molecule has 2 aromatic heterocycles. The molecule has 3 aromatic rings. The van der Waals surface area contributed by atoms with Gasteiger partial charge in [0.1, 0.15) is 17.2 Å². The van der Waals surface area contributed by atoms with Crippen molar-refractivity contribution in [1.29, 1.82) is 0 Å². The van der Waals surface area contributed by atoms with E-state index in [-0.39, 0.29) is 11.9 Å². The first-order chi connectivity index (χ1) is 12.9. The molecular formula is C19H22N4O4. The number of fused-ring (bicyclic) bond motifs is 1. The number of carbonyl (C=O) groups is 1. The van der Waals surface area contributed by atoms with Gasteiger partial charge in [-0.3, -0.25) is 14.8 Å². The van der Waals surface area contributed by atoms with Crippen LogP contribution in [0.5, 0.6) is 5.75 Å². The predicted octanol–water partition coefficient (Wildman–Crippen LogP) is 2.45. The van der Waals surface area contributed by atoms with E-state index in [0.29, 0.717) is 17.8 Å². The zero-order valence-electron chi connectivity index (χ0n) is 15.8. The first kappa shape index (κ1) is 18.6. The number of nitrogens with zero attached hydrogens (tertiary/aromatic N) is 3. The summed E-state index contributed by atoms with van der Waals surface area (Å²) in [4.78, 5) is 28.3. The number of carbonyl (C=O) groups excluding carboxylic acids is 1. The fraction of sp³-hybridized carbons (Fsp3) is 0.368. The average molecular weight is 370 g/mol. The van der Waals surface area contributed by atoms with Crippen molar-refractivity contribution in [3.05, 3.63) is 46.1 Å². The van der Waals surface area contributed by atoms with Crippen LogP contribution < -0.4 is 15.7 Å². The van der Waals surface area contributed by atoms with E-state index in [4.69, 9.17) is 9.15 Å². The molecule has 8 heteroatoms. The van der Waals surface area contributed by atoms with E-state index in [1.54, 1.807) is 30.8 Å². The maximum atomic E-state index is 12.3. The van der Waals surface area contributed by atoms with Crippen LogP contribution in [0.1, 0.15) is 32.2 Å². The van der Waals surface area contributed by atoms with Gasteiger partial charge < -0.3 is 9.15 Å². The smallest absolute Gasteiger partial charge is 0.336 e. The van der Waals surface area contributed by atoms with E-state index >= 15 is 0 Å². The largest absolute Gasteiger partial charge is 0.481 e. The molecule has 0 aliphatic heterocycles. The second kappa shape index (κ2) is 7.61. The summed E-state index contributed by atoms with van der Waals surface area (Å²) in [5, 5.41) is 7.64. The first-order valence-electron chi connectivity index (χ1n) is 8.85. The van der Waals surface area contributed by atoms with Gasteiger partial charge in [0.25, 0.3) is 5.91 Å². The highest BCUT2D eigenvalue weighted by Gasteiger charge is 2.18. The summed E-state index contributed by atoms with van der Waals surface area (Å²) in [7, 11) is 1.77. The maximum absolute atomic E-state index is 12.3. The minimum absolute atomic E-state index is 0.242. The van der Waals surface area contributed by atoms with E-state index < -0.39 is 11.7 Å². The minimum atomic E-state index is -0.780. The van der Waals surface area contributed by atoms with Crippen LogP contribution in [0.4, 0.5) is 5.95 Å². The van der Waals surface area contributed by atoms with E-state index in [1.807, 2.05) is 19.9 Å². The number of aryl methyl sites for hydroxylation is 3. The lowest BCUT2D eigenvalue weighted by Crippen LogP contribution is -2.30. The summed E-state index contributed by atoms with van der Waals surface area (Å²) in [6.45, 7) is 5.56. The molecule has 0 fully saturated rings. The fourth-order valence-electron chi connectivity index (χ4n) is 2.82. The van der Waals surface area contributed by atoms with Crippen LogP contribution in [0, 0.1) is 0 Å². The van der Waals surface area contributed by atoms with Crippen LogP contribution in [0.15, 0.2) is 33.5 Å². The van der Waals surface area contributed by atoms with Crippen molar-refractivity contribution in [1.82, 2.24) is 14.8 Å². The Hall–Kier alpha value is -3.16. The number of anilines is 1. The number of aromatic nitrogens is 3. The number of rotatable bonds is 6. The molecule has 2 heterocycles. The molecule has 1 unspecified atom stereocenters. The van der Waals surface area contributed by atoms with Crippen molar-refractivity contribution in [2.75, 3.05) is 5.32 Å². The van der Waals surface area contributed by atoms with Gasteiger partial charge in [0, 0.05) is 31.0 Å². The monoisotopic (exact) mass is 370 g/mol. The molecule has 0 bridgehead atoms. The van der Waals surface area contributed by atoms with Crippen molar-refractivity contribution in [2.45, 2.75) is 39.7 Å². The van der Waals surface area contributed by atoms with Crippen LogP contribution in [0.25, 0.3) is 11.0 Å². The minimum Gasteiger partial charge on any atom is -0.481 e. The molecule has 1 N–H and O–H groups in total. The Balaban J connectivity index is 1.75. The van der Waals surface area contributed by atoms with Gasteiger partial charge in [-0.25, -0.2) is 4.79 Å². The Morgan fingerprint density at radius 1 is 1.30 bits per heavy atom. The fourth-order valence-corrected chi connectivity index (χ4v) is 2.82. The molecule has 8 nitrogen and oxygen atoms in total. The summed E-state index contributed by atoms with van der Waals surface area (Å²) in [5.41, 5.74) is 0.935. The van der Waals surface area contributed by atoms with Crippen molar-refractivity contribution in [3.63, 3.8) is 0 Å². The normalized spacial score (nSPS) is 12.1. The molecule has 0 spiro atoms. The van der Waals surface area contributed by atoms with Crippen LogP contribution in [0.2, 0.25) is 0 Å². The summed E-state index contributed by atoms with van der Waals surface area (Å²) in [6.07, 6.45) is 0.656.